The zero-order valence-corrected chi connectivity index (χ0v) is 12.8. The Morgan fingerprint density at radius 3 is 2.67 bits per heavy atom. The van der Waals surface area contributed by atoms with E-state index in [2.05, 4.69) is 15.6 Å². The van der Waals surface area contributed by atoms with Crippen molar-refractivity contribution in [1.82, 2.24) is 15.6 Å². The van der Waals surface area contributed by atoms with Gasteiger partial charge in [-0.2, -0.15) is 0 Å². The second-order valence-electron chi connectivity index (χ2n) is 4.51. The lowest BCUT2D eigenvalue weighted by molar-refractivity contribution is -0.137. The van der Waals surface area contributed by atoms with Crippen LogP contribution in [0.1, 0.15) is 49.0 Å². The Balaban J connectivity index is 2.35. The Hall–Kier alpha value is -1.96. The minimum atomic E-state index is -0.962. The number of carboxylic acid groups (broad SMARTS) is 1. The van der Waals surface area contributed by atoms with Crippen LogP contribution in [0.15, 0.2) is 6.20 Å². The predicted molar refractivity (Wildman–Crippen MR) is 78.1 cm³/mol. The van der Waals surface area contributed by atoms with Gasteiger partial charge in [0.05, 0.1) is 6.04 Å². The summed E-state index contributed by atoms with van der Waals surface area (Å²) < 4.78 is 0. The van der Waals surface area contributed by atoms with E-state index in [1.54, 1.807) is 13.1 Å². The van der Waals surface area contributed by atoms with E-state index in [-0.39, 0.29) is 25.3 Å². The average Bonchev–Trinajstić information content (AvgIpc) is 2.86. The molecule has 0 spiro atoms. The molecule has 3 amide bonds. The van der Waals surface area contributed by atoms with Gasteiger partial charge in [-0.05, 0) is 19.8 Å². The van der Waals surface area contributed by atoms with Gasteiger partial charge in [-0.25, -0.2) is 9.78 Å². The number of urea groups is 1. The molecule has 1 heterocycles. The highest BCUT2D eigenvalue weighted by molar-refractivity contribution is 7.11. The molecule has 1 aromatic heterocycles. The molecule has 21 heavy (non-hydrogen) atoms. The van der Waals surface area contributed by atoms with Crippen LogP contribution in [-0.4, -0.2) is 28.0 Å². The number of hydrogen-bond acceptors (Lipinski definition) is 5. The molecule has 1 atom stereocenters. The molecule has 0 aliphatic rings. The summed E-state index contributed by atoms with van der Waals surface area (Å²) in [5.74, 6) is -1.45. The van der Waals surface area contributed by atoms with Crippen LogP contribution in [0, 0.1) is 0 Å². The molecule has 1 aromatic rings. The summed E-state index contributed by atoms with van der Waals surface area (Å²) in [6, 6.07) is -0.891. The number of imide groups is 1. The second-order valence-corrected chi connectivity index (χ2v) is 5.66. The Bertz CT molecular complexity index is 515. The minimum Gasteiger partial charge on any atom is -0.481 e. The SMILES string of the molecule is CCc1cnc(C(C)NC(=O)NC(=O)CCCC(=O)O)s1. The fraction of sp³-hybridized carbons (Fsp3) is 0.538. The number of rotatable bonds is 7. The van der Waals surface area contributed by atoms with Gasteiger partial charge in [0.15, 0.2) is 0 Å². The molecule has 0 radical (unpaired) electrons. The van der Waals surface area contributed by atoms with Crippen molar-refractivity contribution in [3.63, 3.8) is 0 Å². The Kier molecular flexibility index (Phi) is 6.80. The number of hydrogen-bond donors (Lipinski definition) is 3. The Morgan fingerprint density at radius 2 is 2.10 bits per heavy atom. The lowest BCUT2D eigenvalue weighted by Gasteiger charge is -2.11. The molecule has 8 heteroatoms. The number of aromatic nitrogens is 1. The quantitative estimate of drug-likeness (QED) is 0.712. The van der Waals surface area contributed by atoms with Gasteiger partial charge in [0.2, 0.25) is 5.91 Å². The van der Waals surface area contributed by atoms with Gasteiger partial charge in [0, 0.05) is 23.9 Å². The highest BCUT2D eigenvalue weighted by Gasteiger charge is 2.15. The third kappa shape index (κ3) is 6.35. The minimum absolute atomic E-state index is 0.00529. The Morgan fingerprint density at radius 1 is 1.38 bits per heavy atom. The van der Waals surface area contributed by atoms with Crippen LogP contribution in [-0.2, 0) is 16.0 Å². The van der Waals surface area contributed by atoms with E-state index < -0.39 is 17.9 Å². The van der Waals surface area contributed by atoms with E-state index >= 15 is 0 Å². The number of nitrogens with one attached hydrogen (secondary N) is 2. The number of aliphatic carboxylic acids is 1. The average molecular weight is 313 g/mol. The zero-order chi connectivity index (χ0) is 15.8. The van der Waals surface area contributed by atoms with Crippen molar-refractivity contribution in [2.75, 3.05) is 0 Å². The van der Waals surface area contributed by atoms with Crippen LogP contribution >= 0.6 is 11.3 Å². The van der Waals surface area contributed by atoms with E-state index in [1.807, 2.05) is 6.92 Å². The maximum absolute atomic E-state index is 11.6. The van der Waals surface area contributed by atoms with Crippen molar-refractivity contribution in [2.24, 2.45) is 0 Å². The lowest BCUT2D eigenvalue weighted by atomic mass is 10.2. The van der Waals surface area contributed by atoms with Crippen LogP contribution in [0.5, 0.6) is 0 Å². The molecule has 3 N–H and O–H groups in total. The van der Waals surface area contributed by atoms with Crippen LogP contribution in [0.25, 0.3) is 0 Å². The first-order valence-corrected chi connectivity index (χ1v) is 7.50. The number of amides is 3. The third-order valence-corrected chi connectivity index (χ3v) is 4.01. The predicted octanol–water partition coefficient (Wildman–Crippen LogP) is 1.85. The second kappa shape index (κ2) is 8.35. The number of aryl methyl sites for hydroxylation is 1. The summed E-state index contributed by atoms with van der Waals surface area (Å²) in [5, 5.41) is 14.0. The van der Waals surface area contributed by atoms with Crippen LogP contribution in [0.3, 0.4) is 0 Å². The first kappa shape index (κ1) is 17.1. The normalized spacial score (nSPS) is 11.7. The van der Waals surface area contributed by atoms with Gasteiger partial charge in [-0.15, -0.1) is 11.3 Å². The summed E-state index contributed by atoms with van der Waals surface area (Å²) in [4.78, 5) is 38.7. The van der Waals surface area contributed by atoms with Gasteiger partial charge in [0.25, 0.3) is 0 Å². The van der Waals surface area contributed by atoms with Crippen molar-refractivity contribution < 1.29 is 19.5 Å². The molecule has 0 aliphatic heterocycles. The van der Waals surface area contributed by atoms with Crippen molar-refractivity contribution >= 4 is 29.2 Å². The number of carbonyl (C=O) groups excluding carboxylic acids is 2. The third-order valence-electron chi connectivity index (χ3n) is 2.69. The standard InChI is InChI=1S/C13H19N3O4S/c1-3-9-7-14-12(21-9)8(2)15-13(20)16-10(17)5-4-6-11(18)19/h7-8H,3-6H2,1-2H3,(H,18,19)(H2,15,16,17,20). The lowest BCUT2D eigenvalue weighted by Crippen LogP contribution is -2.40. The smallest absolute Gasteiger partial charge is 0.321 e. The fourth-order valence-electron chi connectivity index (χ4n) is 1.57. The van der Waals surface area contributed by atoms with Gasteiger partial charge < -0.3 is 10.4 Å². The molecule has 1 unspecified atom stereocenters. The van der Waals surface area contributed by atoms with Crippen molar-refractivity contribution in [3.8, 4) is 0 Å². The topological polar surface area (TPSA) is 108 Å². The Labute approximate surface area is 126 Å². The van der Waals surface area contributed by atoms with E-state index in [0.29, 0.717) is 0 Å². The number of thiazole rings is 1. The van der Waals surface area contributed by atoms with E-state index in [0.717, 1.165) is 16.3 Å². The zero-order valence-electron chi connectivity index (χ0n) is 12.0. The number of nitrogens with zero attached hydrogens (tertiary/aromatic N) is 1. The summed E-state index contributed by atoms with van der Waals surface area (Å²) in [7, 11) is 0. The van der Waals surface area contributed by atoms with Gasteiger partial charge in [-0.3, -0.25) is 14.9 Å². The summed E-state index contributed by atoms with van der Waals surface area (Å²) in [6.45, 7) is 3.81. The van der Waals surface area contributed by atoms with Gasteiger partial charge in [0.1, 0.15) is 5.01 Å². The van der Waals surface area contributed by atoms with E-state index in [4.69, 9.17) is 5.11 Å². The van der Waals surface area contributed by atoms with E-state index in [1.165, 1.54) is 11.3 Å². The number of carboxylic acids is 1. The molecule has 1 rings (SSSR count). The van der Waals surface area contributed by atoms with Crippen molar-refractivity contribution in [1.29, 1.82) is 0 Å². The molecule has 0 aliphatic carbocycles. The van der Waals surface area contributed by atoms with E-state index in [9.17, 15) is 14.4 Å². The van der Waals surface area contributed by atoms with Gasteiger partial charge >= 0.3 is 12.0 Å². The number of carbonyl (C=O) groups is 3. The van der Waals surface area contributed by atoms with Crippen LogP contribution in [0.2, 0.25) is 0 Å². The summed E-state index contributed by atoms with van der Waals surface area (Å²) in [6.07, 6.45) is 2.78. The highest BCUT2D eigenvalue weighted by atomic mass is 32.1. The van der Waals surface area contributed by atoms with Gasteiger partial charge in [-0.1, -0.05) is 6.92 Å². The molecule has 116 valence electrons. The molecule has 0 fully saturated rings. The monoisotopic (exact) mass is 313 g/mol. The molecule has 0 aromatic carbocycles. The summed E-state index contributed by atoms with van der Waals surface area (Å²) in [5.41, 5.74) is 0. The fourth-order valence-corrected chi connectivity index (χ4v) is 2.43. The molecule has 0 saturated carbocycles. The first-order valence-electron chi connectivity index (χ1n) is 6.69. The molecule has 0 saturated heterocycles. The van der Waals surface area contributed by atoms with Crippen molar-refractivity contribution in [3.05, 3.63) is 16.1 Å². The molecular weight excluding hydrogens is 294 g/mol. The maximum atomic E-state index is 11.6. The van der Waals surface area contributed by atoms with Crippen LogP contribution < -0.4 is 10.6 Å². The van der Waals surface area contributed by atoms with Crippen molar-refractivity contribution in [2.45, 2.75) is 45.6 Å². The highest BCUT2D eigenvalue weighted by Crippen LogP contribution is 2.19. The largest absolute Gasteiger partial charge is 0.481 e. The molecular formula is C13H19N3O4S. The molecule has 0 bridgehead atoms. The molecule has 7 nitrogen and oxygen atoms in total. The maximum Gasteiger partial charge on any atom is 0.321 e. The summed E-state index contributed by atoms with van der Waals surface area (Å²) >= 11 is 1.52. The first-order chi connectivity index (χ1) is 9.92. The van der Waals surface area contributed by atoms with Crippen LogP contribution in [0.4, 0.5) is 4.79 Å².